The third-order valence-corrected chi connectivity index (χ3v) is 4.59. The smallest absolute Gasteiger partial charge is 0.192 e. The van der Waals surface area contributed by atoms with Gasteiger partial charge in [-0.1, -0.05) is 61.2 Å². The van der Waals surface area contributed by atoms with Crippen molar-refractivity contribution in [2.45, 2.75) is 20.0 Å². The van der Waals surface area contributed by atoms with Crippen molar-refractivity contribution in [1.82, 2.24) is 0 Å². The van der Waals surface area contributed by atoms with Crippen molar-refractivity contribution >= 4 is 20.5 Å². The molecule has 0 N–H and O–H groups in total. The van der Waals surface area contributed by atoms with E-state index >= 15 is 0 Å². The monoisotopic (exact) mass is 268 g/mol. The van der Waals surface area contributed by atoms with E-state index in [0.29, 0.717) is 6.10 Å². The van der Waals surface area contributed by atoms with E-state index < -0.39 is 9.76 Å². The van der Waals surface area contributed by atoms with E-state index in [1.807, 2.05) is 18.2 Å². The van der Waals surface area contributed by atoms with Crippen LogP contribution in [0.1, 0.15) is 25.0 Å². The Morgan fingerprint density at radius 1 is 1.00 bits per heavy atom. The Labute approximate surface area is 117 Å². The Hall–Kier alpha value is -1.64. The average Bonchev–Trinajstić information content (AvgIpc) is 2.45. The van der Waals surface area contributed by atoms with E-state index in [1.54, 1.807) is 0 Å². The minimum Gasteiger partial charge on any atom is -0.416 e. The first-order chi connectivity index (χ1) is 9.16. The zero-order valence-electron chi connectivity index (χ0n) is 11.6. The number of benzene rings is 2. The normalized spacial score (nSPS) is 11.3. The maximum atomic E-state index is 5.78. The van der Waals surface area contributed by atoms with Gasteiger partial charge in [-0.3, -0.25) is 0 Å². The van der Waals surface area contributed by atoms with Crippen molar-refractivity contribution in [2.75, 3.05) is 0 Å². The van der Waals surface area contributed by atoms with Crippen LogP contribution in [0.2, 0.25) is 0 Å². The standard InChI is InChI=1S/C17H20OSi/c1-13(2)18-19-17-11-7-10-16(12-17)14(3)15-8-5-4-6-9-15/h4-13H,3,19H2,1-2H3. The minimum absolute atomic E-state index is 0.313. The molecule has 0 aliphatic rings. The molecule has 0 fully saturated rings. The summed E-state index contributed by atoms with van der Waals surface area (Å²) in [5.74, 6) is 0. The Balaban J connectivity index is 2.17. The molecule has 0 unspecified atom stereocenters. The number of rotatable bonds is 5. The van der Waals surface area contributed by atoms with Crippen LogP contribution in [0.3, 0.4) is 0 Å². The van der Waals surface area contributed by atoms with Gasteiger partial charge in [-0.25, -0.2) is 0 Å². The number of hydrogen-bond donors (Lipinski definition) is 0. The zero-order valence-corrected chi connectivity index (χ0v) is 13.0. The Kier molecular flexibility index (Phi) is 4.72. The lowest BCUT2D eigenvalue weighted by Gasteiger charge is -2.10. The third kappa shape index (κ3) is 3.91. The second kappa shape index (κ2) is 6.50. The molecule has 0 radical (unpaired) electrons. The molecular weight excluding hydrogens is 248 g/mol. The molecule has 1 nitrogen and oxygen atoms in total. The molecule has 2 heteroatoms. The second-order valence-corrected chi connectivity index (χ2v) is 6.34. The lowest BCUT2D eigenvalue weighted by Crippen LogP contribution is -2.21. The predicted molar refractivity (Wildman–Crippen MR) is 85.4 cm³/mol. The molecule has 0 heterocycles. The van der Waals surface area contributed by atoms with E-state index in [2.05, 4.69) is 56.8 Å². The molecule has 19 heavy (non-hydrogen) atoms. The summed E-state index contributed by atoms with van der Waals surface area (Å²) >= 11 is 0. The molecule has 0 aliphatic carbocycles. The summed E-state index contributed by atoms with van der Waals surface area (Å²) in [7, 11) is -0.633. The predicted octanol–water partition coefficient (Wildman–Crippen LogP) is 2.88. The van der Waals surface area contributed by atoms with Gasteiger partial charge in [0.1, 0.15) is 0 Å². The first-order valence-electron chi connectivity index (χ1n) is 6.62. The Bertz CT molecular complexity index is 546. The maximum absolute atomic E-state index is 5.78. The van der Waals surface area contributed by atoms with Crippen LogP contribution in [0.15, 0.2) is 61.2 Å². The molecule has 0 saturated heterocycles. The fraction of sp³-hybridized carbons (Fsp3) is 0.176. The van der Waals surface area contributed by atoms with Crippen LogP contribution in [-0.4, -0.2) is 15.9 Å². The highest BCUT2D eigenvalue weighted by Crippen LogP contribution is 2.19. The quantitative estimate of drug-likeness (QED) is 0.758. The fourth-order valence-electron chi connectivity index (χ4n) is 1.92. The van der Waals surface area contributed by atoms with Gasteiger partial charge in [0, 0.05) is 6.10 Å². The van der Waals surface area contributed by atoms with Crippen molar-refractivity contribution in [3.8, 4) is 0 Å². The van der Waals surface area contributed by atoms with E-state index in [-0.39, 0.29) is 0 Å². The molecule has 2 aromatic carbocycles. The van der Waals surface area contributed by atoms with Crippen LogP contribution < -0.4 is 5.19 Å². The fourth-order valence-corrected chi connectivity index (χ4v) is 2.98. The molecule has 2 rings (SSSR count). The molecule has 98 valence electrons. The van der Waals surface area contributed by atoms with Crippen molar-refractivity contribution in [2.24, 2.45) is 0 Å². The lowest BCUT2D eigenvalue weighted by molar-refractivity contribution is 0.260. The van der Waals surface area contributed by atoms with Gasteiger partial charge in [-0.2, -0.15) is 0 Å². The third-order valence-electron chi connectivity index (χ3n) is 2.98. The molecule has 0 saturated carbocycles. The highest BCUT2D eigenvalue weighted by Gasteiger charge is 2.04. The molecule has 0 atom stereocenters. The van der Waals surface area contributed by atoms with Crippen LogP contribution in [0.4, 0.5) is 0 Å². The summed E-state index contributed by atoms with van der Waals surface area (Å²) in [5.41, 5.74) is 3.43. The van der Waals surface area contributed by atoms with Gasteiger partial charge in [-0.05, 0) is 35.7 Å². The highest BCUT2D eigenvalue weighted by molar-refractivity contribution is 6.47. The molecule has 0 bridgehead atoms. The summed E-state index contributed by atoms with van der Waals surface area (Å²) in [6.45, 7) is 8.37. The van der Waals surface area contributed by atoms with Gasteiger partial charge in [0.15, 0.2) is 9.76 Å². The van der Waals surface area contributed by atoms with E-state index in [9.17, 15) is 0 Å². The van der Waals surface area contributed by atoms with Crippen LogP contribution in [-0.2, 0) is 4.43 Å². The SMILES string of the molecule is C=C(c1ccccc1)c1cccc([SiH2]OC(C)C)c1. The molecule has 0 aliphatic heterocycles. The zero-order chi connectivity index (χ0) is 13.7. The number of hydrogen-bond acceptors (Lipinski definition) is 1. The van der Waals surface area contributed by atoms with Crippen LogP contribution in [0.5, 0.6) is 0 Å². The van der Waals surface area contributed by atoms with E-state index in [4.69, 9.17) is 4.43 Å². The maximum Gasteiger partial charge on any atom is 0.192 e. The topological polar surface area (TPSA) is 9.23 Å². The summed E-state index contributed by atoms with van der Waals surface area (Å²) in [5, 5.41) is 1.32. The first-order valence-corrected chi connectivity index (χ1v) is 7.90. The second-order valence-electron chi connectivity index (χ2n) is 4.90. The molecule has 2 aromatic rings. The van der Waals surface area contributed by atoms with Gasteiger partial charge >= 0.3 is 0 Å². The molecule has 0 aromatic heterocycles. The van der Waals surface area contributed by atoms with E-state index in [1.165, 1.54) is 16.3 Å². The van der Waals surface area contributed by atoms with Gasteiger partial charge in [-0.15, -0.1) is 0 Å². The minimum atomic E-state index is -0.633. The van der Waals surface area contributed by atoms with Crippen molar-refractivity contribution < 1.29 is 4.43 Å². The largest absolute Gasteiger partial charge is 0.416 e. The van der Waals surface area contributed by atoms with E-state index in [0.717, 1.165) is 5.57 Å². The Morgan fingerprint density at radius 2 is 1.68 bits per heavy atom. The van der Waals surface area contributed by atoms with Gasteiger partial charge < -0.3 is 4.43 Å². The van der Waals surface area contributed by atoms with Gasteiger partial charge in [0.2, 0.25) is 0 Å². The highest BCUT2D eigenvalue weighted by atomic mass is 28.2. The molecule has 0 spiro atoms. The summed E-state index contributed by atoms with van der Waals surface area (Å²) in [6.07, 6.45) is 0.313. The molecular formula is C17H20OSi. The van der Waals surface area contributed by atoms with Crippen LogP contribution in [0, 0.1) is 0 Å². The van der Waals surface area contributed by atoms with Crippen molar-refractivity contribution in [1.29, 1.82) is 0 Å². The van der Waals surface area contributed by atoms with Crippen molar-refractivity contribution in [3.63, 3.8) is 0 Å². The van der Waals surface area contributed by atoms with Gasteiger partial charge in [0.25, 0.3) is 0 Å². The first kappa shape index (κ1) is 13.8. The van der Waals surface area contributed by atoms with Crippen molar-refractivity contribution in [3.05, 3.63) is 72.3 Å². The van der Waals surface area contributed by atoms with Crippen LogP contribution in [0.25, 0.3) is 5.57 Å². The van der Waals surface area contributed by atoms with Gasteiger partial charge in [0.05, 0.1) is 0 Å². The summed E-state index contributed by atoms with van der Waals surface area (Å²) in [6, 6.07) is 18.9. The Morgan fingerprint density at radius 3 is 2.37 bits per heavy atom. The summed E-state index contributed by atoms with van der Waals surface area (Å²) < 4.78 is 5.78. The molecule has 0 amide bonds. The summed E-state index contributed by atoms with van der Waals surface area (Å²) in [4.78, 5) is 0. The van der Waals surface area contributed by atoms with Crippen LogP contribution >= 0.6 is 0 Å². The average molecular weight is 268 g/mol. The lowest BCUT2D eigenvalue weighted by atomic mass is 10.00.